The van der Waals surface area contributed by atoms with Crippen molar-refractivity contribution in [2.45, 2.75) is 70.9 Å². The molecule has 1 N–H and O–H groups in total. The summed E-state index contributed by atoms with van der Waals surface area (Å²) in [7, 11) is 4.51. The first-order valence-corrected chi connectivity index (χ1v) is 11.2. The Hall–Kier alpha value is -2.25. The lowest BCUT2D eigenvalue weighted by Crippen LogP contribution is -2.43. The van der Waals surface area contributed by atoms with Gasteiger partial charge in [-0.1, -0.05) is 25.5 Å². The van der Waals surface area contributed by atoms with Crippen molar-refractivity contribution in [1.29, 1.82) is 0 Å². The van der Waals surface area contributed by atoms with E-state index in [0.29, 0.717) is 29.2 Å². The molecule has 7 nitrogen and oxygen atoms in total. The number of aliphatic hydroxyl groups excluding tert-OH is 1. The van der Waals surface area contributed by atoms with E-state index >= 15 is 0 Å². The molecule has 5 atom stereocenters. The highest BCUT2D eigenvalue weighted by atomic mass is 16.6. The minimum atomic E-state index is -0.719. The number of epoxide rings is 1. The Morgan fingerprint density at radius 2 is 1.78 bits per heavy atom. The molecule has 0 unspecified atom stereocenters. The van der Waals surface area contributed by atoms with Gasteiger partial charge in [-0.3, -0.25) is 0 Å². The van der Waals surface area contributed by atoms with E-state index in [1.165, 1.54) is 21.3 Å². The van der Waals surface area contributed by atoms with Crippen LogP contribution in [0.1, 0.15) is 57.3 Å². The Bertz CT molecular complexity index is 837. The van der Waals surface area contributed by atoms with E-state index in [2.05, 4.69) is 6.08 Å². The van der Waals surface area contributed by atoms with Crippen LogP contribution in [-0.2, 0) is 9.47 Å². The molecule has 0 spiro atoms. The summed E-state index contributed by atoms with van der Waals surface area (Å²) in [6, 6.07) is 3.16. The zero-order chi connectivity index (χ0) is 23.6. The molecule has 0 saturated carbocycles. The maximum absolute atomic E-state index is 13.2. The van der Waals surface area contributed by atoms with Crippen LogP contribution in [0.5, 0.6) is 17.2 Å². The molecule has 1 aromatic carbocycles. The number of carbonyl (C=O) groups excluding carboxylic acids is 1. The number of hydrogen-bond acceptors (Lipinski definition) is 7. The number of rotatable bonds is 6. The number of allylic oxidation sites excluding steroid dienone is 1. The monoisotopic (exact) mass is 448 g/mol. The van der Waals surface area contributed by atoms with Gasteiger partial charge in [-0.2, -0.15) is 0 Å². The largest absolute Gasteiger partial charge is 0.493 e. The number of methoxy groups -OCH3 is 3. The lowest BCUT2D eigenvalue weighted by molar-refractivity contribution is -0.0419. The van der Waals surface area contributed by atoms with Gasteiger partial charge in [0.2, 0.25) is 5.75 Å². The summed E-state index contributed by atoms with van der Waals surface area (Å²) in [4.78, 5) is 13.2. The molecule has 32 heavy (non-hydrogen) atoms. The smallest absolute Gasteiger partial charge is 0.338 e. The van der Waals surface area contributed by atoms with Gasteiger partial charge < -0.3 is 28.8 Å². The first-order chi connectivity index (χ1) is 15.1. The summed E-state index contributed by atoms with van der Waals surface area (Å²) in [5.41, 5.74) is 1.10. The van der Waals surface area contributed by atoms with Crippen LogP contribution in [0.4, 0.5) is 0 Å². The Balaban J connectivity index is 1.93. The van der Waals surface area contributed by atoms with E-state index in [-0.39, 0.29) is 23.5 Å². The molecule has 1 aliphatic heterocycles. The normalized spacial score (nSPS) is 31.7. The second-order valence-corrected chi connectivity index (χ2v) is 9.31. The lowest BCUT2D eigenvalue weighted by Gasteiger charge is -2.34. The number of carbonyl (C=O) groups is 1. The van der Waals surface area contributed by atoms with Crippen molar-refractivity contribution < 1.29 is 33.6 Å². The van der Waals surface area contributed by atoms with Crippen LogP contribution < -0.4 is 14.2 Å². The van der Waals surface area contributed by atoms with E-state index < -0.39 is 18.2 Å². The molecule has 1 saturated heterocycles. The molecule has 0 amide bonds. The van der Waals surface area contributed by atoms with Gasteiger partial charge in [0.15, 0.2) is 11.5 Å². The molecule has 7 heteroatoms. The minimum absolute atomic E-state index is 0.0865. The number of benzene rings is 1. The number of fused-ring (bicyclic) bond motifs is 1. The van der Waals surface area contributed by atoms with Crippen LogP contribution in [0.2, 0.25) is 0 Å². The van der Waals surface area contributed by atoms with Gasteiger partial charge in [0.25, 0.3) is 0 Å². The van der Waals surface area contributed by atoms with Gasteiger partial charge in [0.05, 0.1) is 38.6 Å². The molecule has 2 aliphatic rings. The first kappa shape index (κ1) is 24.4. The maximum atomic E-state index is 13.2. The highest BCUT2D eigenvalue weighted by Crippen LogP contribution is 2.47. The molecule has 1 aliphatic carbocycles. The second-order valence-electron chi connectivity index (χ2n) is 9.31. The number of ether oxygens (including phenoxy) is 5. The topological polar surface area (TPSA) is 86.8 Å². The summed E-state index contributed by atoms with van der Waals surface area (Å²) in [5, 5.41) is 11.2. The molecule has 0 aromatic heterocycles. The summed E-state index contributed by atoms with van der Waals surface area (Å²) in [6.07, 6.45) is 3.00. The maximum Gasteiger partial charge on any atom is 0.338 e. The van der Waals surface area contributed by atoms with Crippen molar-refractivity contribution in [1.82, 2.24) is 0 Å². The molecule has 1 aromatic rings. The predicted octanol–water partition coefficient (Wildman–Crippen LogP) is 4.16. The Kier molecular flexibility index (Phi) is 7.40. The van der Waals surface area contributed by atoms with Gasteiger partial charge in [0.1, 0.15) is 12.2 Å². The fourth-order valence-corrected chi connectivity index (χ4v) is 4.80. The summed E-state index contributed by atoms with van der Waals surface area (Å²) >= 11 is 0. The highest BCUT2D eigenvalue weighted by molar-refractivity contribution is 5.91. The van der Waals surface area contributed by atoms with E-state index in [1.807, 2.05) is 27.7 Å². The quantitative estimate of drug-likeness (QED) is 0.397. The molecule has 0 radical (unpaired) electrons. The van der Waals surface area contributed by atoms with Crippen molar-refractivity contribution in [3.8, 4) is 17.2 Å². The van der Waals surface area contributed by atoms with Crippen LogP contribution in [0.25, 0.3) is 0 Å². The SMILES string of the molecule is COc1cc(C(=O)O[C@@H]2C/C(C)=C/CC[C@@]3(C)O[C@@H]3[C@H](O)[C@@H]2C(C)C)cc(OC)c1OC. The van der Waals surface area contributed by atoms with Crippen molar-refractivity contribution >= 4 is 5.97 Å². The Labute approximate surface area is 190 Å². The van der Waals surface area contributed by atoms with Crippen LogP contribution >= 0.6 is 0 Å². The number of esters is 1. The van der Waals surface area contributed by atoms with Gasteiger partial charge in [-0.15, -0.1) is 0 Å². The molecule has 178 valence electrons. The number of aliphatic hydroxyl groups is 1. The Morgan fingerprint density at radius 1 is 1.16 bits per heavy atom. The van der Waals surface area contributed by atoms with Crippen LogP contribution in [0.3, 0.4) is 0 Å². The molecule has 0 bridgehead atoms. The van der Waals surface area contributed by atoms with Crippen LogP contribution in [0, 0.1) is 11.8 Å². The molecular formula is C25H36O7. The van der Waals surface area contributed by atoms with Gasteiger partial charge in [-0.05, 0) is 44.7 Å². The van der Waals surface area contributed by atoms with Gasteiger partial charge >= 0.3 is 5.97 Å². The third-order valence-corrected chi connectivity index (χ3v) is 6.66. The van der Waals surface area contributed by atoms with E-state index in [1.54, 1.807) is 12.1 Å². The van der Waals surface area contributed by atoms with Crippen molar-refractivity contribution in [2.75, 3.05) is 21.3 Å². The molecular weight excluding hydrogens is 412 g/mol. The zero-order valence-electron chi connectivity index (χ0n) is 20.1. The fraction of sp³-hybridized carbons (Fsp3) is 0.640. The van der Waals surface area contributed by atoms with E-state index in [4.69, 9.17) is 23.7 Å². The lowest BCUT2D eigenvalue weighted by atomic mass is 9.78. The van der Waals surface area contributed by atoms with Crippen LogP contribution in [-0.4, -0.2) is 56.3 Å². The standard InChI is InChI=1S/C25H36O7/c1-14(2)20-17(11-15(3)9-8-10-25(4)23(32-25)21(20)26)31-24(27)16-12-18(28-5)22(30-7)19(13-16)29-6/h9,12-14,17,20-21,23,26H,8,10-11H2,1-7H3/b15-9+/t17-,20-,21-,23-,25-/m1/s1. The van der Waals surface area contributed by atoms with Crippen LogP contribution in [0.15, 0.2) is 23.8 Å². The first-order valence-electron chi connectivity index (χ1n) is 11.2. The molecule has 1 fully saturated rings. The summed E-state index contributed by atoms with van der Waals surface area (Å²) < 4.78 is 28.1. The predicted molar refractivity (Wildman–Crippen MR) is 121 cm³/mol. The van der Waals surface area contributed by atoms with Crippen molar-refractivity contribution in [3.05, 3.63) is 29.3 Å². The average molecular weight is 449 g/mol. The van der Waals surface area contributed by atoms with Gasteiger partial charge in [-0.25, -0.2) is 4.79 Å². The summed E-state index contributed by atoms with van der Waals surface area (Å²) in [5.74, 6) is 0.477. The molecule has 1 heterocycles. The number of hydrogen-bond donors (Lipinski definition) is 1. The second kappa shape index (κ2) is 9.71. The average Bonchev–Trinajstić information content (AvgIpc) is 3.43. The summed E-state index contributed by atoms with van der Waals surface area (Å²) in [6.45, 7) is 8.16. The third kappa shape index (κ3) is 4.89. The van der Waals surface area contributed by atoms with Crippen molar-refractivity contribution in [2.24, 2.45) is 11.8 Å². The van der Waals surface area contributed by atoms with Gasteiger partial charge in [0, 0.05) is 12.3 Å². The Morgan fingerprint density at radius 3 is 2.31 bits per heavy atom. The minimum Gasteiger partial charge on any atom is -0.493 e. The van der Waals surface area contributed by atoms with E-state index in [0.717, 1.165) is 18.4 Å². The fourth-order valence-electron chi connectivity index (χ4n) is 4.80. The zero-order valence-corrected chi connectivity index (χ0v) is 20.1. The third-order valence-electron chi connectivity index (χ3n) is 6.66. The molecule has 3 rings (SSSR count). The highest BCUT2D eigenvalue weighted by Gasteiger charge is 2.58. The van der Waals surface area contributed by atoms with Crippen molar-refractivity contribution in [3.63, 3.8) is 0 Å². The van der Waals surface area contributed by atoms with E-state index in [9.17, 15) is 9.90 Å².